The van der Waals surface area contributed by atoms with Gasteiger partial charge in [-0.15, -0.1) is 0 Å². The molecule has 2 saturated carbocycles. The summed E-state index contributed by atoms with van der Waals surface area (Å²) < 4.78 is 11.1. The molecular weight excluding hydrogens is 382 g/mol. The van der Waals surface area contributed by atoms with E-state index in [4.69, 9.17) is 9.47 Å². The number of carbonyl (C=O) groups excluding carboxylic acids is 1. The maximum absolute atomic E-state index is 11.9. The van der Waals surface area contributed by atoms with E-state index in [-0.39, 0.29) is 35.7 Å². The van der Waals surface area contributed by atoms with Gasteiger partial charge < -0.3 is 9.47 Å². The molecule has 0 bridgehead atoms. The third kappa shape index (κ3) is 7.77. The maximum atomic E-state index is 11.9. The van der Waals surface area contributed by atoms with Crippen LogP contribution in [-0.2, 0) is 31.3 Å². The molecule has 146 valence electrons. The van der Waals surface area contributed by atoms with Crippen LogP contribution >= 0.6 is 0 Å². The Bertz CT molecular complexity index is 473. The third-order valence-corrected chi connectivity index (χ3v) is 4.11. The van der Waals surface area contributed by atoms with Crippen LogP contribution in [0.2, 0.25) is 0 Å². The van der Waals surface area contributed by atoms with E-state index in [0.29, 0.717) is 18.4 Å². The molecule has 2 aliphatic carbocycles. The molecular formula is C22H29FeNO3+2. The van der Waals surface area contributed by atoms with E-state index in [1.165, 1.54) is 0 Å². The molecule has 0 spiro atoms. The Kier molecular flexibility index (Phi) is 10.4. The SMILES string of the molecule is CC(C)[C@H]1COC([C]2[CH][CH][CH][C]2COC(=O)C(C)(C)C)=N1.[CH]1[CH][CH][CH][CH]1.[Fe+2]. The first kappa shape index (κ1) is 24.5. The fraction of sp³-hybridized carbons (Fsp3) is 0.455. The van der Waals surface area contributed by atoms with Crippen molar-refractivity contribution in [2.45, 2.75) is 40.7 Å². The van der Waals surface area contributed by atoms with E-state index >= 15 is 0 Å². The van der Waals surface area contributed by atoms with E-state index in [1.807, 2.05) is 72.1 Å². The zero-order valence-electron chi connectivity index (χ0n) is 16.7. The van der Waals surface area contributed by atoms with Gasteiger partial charge in [-0.25, -0.2) is 4.99 Å². The van der Waals surface area contributed by atoms with Crippen LogP contribution in [0.25, 0.3) is 0 Å². The molecule has 3 rings (SSSR count). The van der Waals surface area contributed by atoms with Crippen molar-refractivity contribution >= 4 is 11.9 Å². The quantitative estimate of drug-likeness (QED) is 0.522. The van der Waals surface area contributed by atoms with Crippen molar-refractivity contribution in [1.29, 1.82) is 0 Å². The molecule has 5 heteroatoms. The summed E-state index contributed by atoms with van der Waals surface area (Å²) in [6.45, 7) is 10.7. The number of hydrogen-bond donors (Lipinski definition) is 0. The van der Waals surface area contributed by atoms with Gasteiger partial charge in [-0.1, -0.05) is 13.8 Å². The number of esters is 1. The van der Waals surface area contributed by atoms with Crippen LogP contribution in [0.3, 0.4) is 0 Å². The molecule has 0 aromatic rings. The van der Waals surface area contributed by atoms with Crippen molar-refractivity contribution in [1.82, 2.24) is 0 Å². The minimum Gasteiger partial charge on any atom is -0.478 e. The van der Waals surface area contributed by atoms with Gasteiger partial charge in [-0.2, -0.15) is 0 Å². The Balaban J connectivity index is 0.000000526. The number of rotatable bonds is 4. The van der Waals surface area contributed by atoms with Gasteiger partial charge in [0.2, 0.25) is 0 Å². The Hall–Kier alpha value is -0.541. The third-order valence-electron chi connectivity index (χ3n) is 4.11. The average molecular weight is 411 g/mol. The summed E-state index contributed by atoms with van der Waals surface area (Å²) >= 11 is 0. The summed E-state index contributed by atoms with van der Waals surface area (Å²) in [4.78, 5) is 16.5. The number of carbonyl (C=O) groups is 1. The summed E-state index contributed by atoms with van der Waals surface area (Å²) in [7, 11) is 0. The average Bonchev–Trinajstić information content (AvgIpc) is 3.34. The largest absolute Gasteiger partial charge is 2.00 e. The van der Waals surface area contributed by atoms with E-state index < -0.39 is 5.41 Å². The molecule has 0 aromatic carbocycles. The smallest absolute Gasteiger partial charge is 0.478 e. The second-order valence-electron chi connectivity index (χ2n) is 7.81. The minimum atomic E-state index is -0.489. The summed E-state index contributed by atoms with van der Waals surface area (Å²) in [6.07, 6.45) is 15.8. The number of ether oxygens (including phenoxy) is 2. The zero-order chi connectivity index (χ0) is 19.2. The Morgan fingerprint density at radius 2 is 1.74 bits per heavy atom. The molecule has 1 heterocycles. The fourth-order valence-electron chi connectivity index (χ4n) is 2.35. The van der Waals surface area contributed by atoms with Crippen molar-refractivity contribution in [2.75, 3.05) is 13.2 Å². The second-order valence-corrected chi connectivity index (χ2v) is 7.81. The summed E-state index contributed by atoms with van der Waals surface area (Å²) in [6, 6.07) is 0.208. The molecule has 0 saturated heterocycles. The van der Waals surface area contributed by atoms with Crippen molar-refractivity contribution in [2.24, 2.45) is 16.3 Å². The van der Waals surface area contributed by atoms with Crippen LogP contribution in [0.15, 0.2) is 4.99 Å². The predicted octanol–water partition coefficient (Wildman–Crippen LogP) is 3.82. The van der Waals surface area contributed by atoms with Gasteiger partial charge in [0, 0.05) is 5.92 Å². The molecule has 0 unspecified atom stereocenters. The number of aliphatic imine (C=N–C) groups is 1. The molecule has 0 N–H and O–H groups in total. The maximum Gasteiger partial charge on any atom is 2.00 e. The normalized spacial score (nSPS) is 23.3. The monoisotopic (exact) mass is 411 g/mol. The zero-order valence-corrected chi connectivity index (χ0v) is 17.8. The van der Waals surface area contributed by atoms with Gasteiger partial charge in [0.15, 0.2) is 5.90 Å². The van der Waals surface area contributed by atoms with Crippen LogP contribution in [0.4, 0.5) is 0 Å². The number of nitrogens with zero attached hydrogens (tertiary/aromatic N) is 1. The minimum absolute atomic E-state index is 0. The van der Waals surface area contributed by atoms with Gasteiger partial charge in [-0.05, 0) is 78.1 Å². The molecule has 1 aliphatic heterocycles. The standard InChI is InChI=1S/C17H24NO3.C5H5.Fe/c1-11(2)14-10-20-15(18-14)13-8-6-7-12(13)9-21-16(19)17(3,4)5;1-2-4-5-3-1;/h6-8,11,14H,9-10H2,1-5H3;1-5H;/q;;+2/t14-;;/m1../s1. The van der Waals surface area contributed by atoms with Crippen LogP contribution in [0.5, 0.6) is 0 Å². The van der Waals surface area contributed by atoms with Crippen LogP contribution in [0.1, 0.15) is 34.6 Å². The molecule has 0 aromatic heterocycles. The Morgan fingerprint density at radius 1 is 1.15 bits per heavy atom. The molecule has 10 radical (unpaired) electrons. The van der Waals surface area contributed by atoms with Gasteiger partial charge in [0.1, 0.15) is 6.61 Å². The van der Waals surface area contributed by atoms with Gasteiger partial charge in [0.05, 0.1) is 24.0 Å². The Labute approximate surface area is 176 Å². The van der Waals surface area contributed by atoms with E-state index in [9.17, 15) is 4.79 Å². The first-order valence-corrected chi connectivity index (χ1v) is 9.08. The summed E-state index contributed by atoms with van der Waals surface area (Å²) in [5.41, 5.74) is -0.489. The van der Waals surface area contributed by atoms with Gasteiger partial charge in [-0.3, -0.25) is 4.79 Å². The number of hydrogen-bond acceptors (Lipinski definition) is 4. The van der Waals surface area contributed by atoms with E-state index in [2.05, 4.69) is 18.8 Å². The fourth-order valence-corrected chi connectivity index (χ4v) is 2.35. The second kappa shape index (κ2) is 11.5. The van der Waals surface area contributed by atoms with E-state index in [1.54, 1.807) is 0 Å². The van der Waals surface area contributed by atoms with Crippen molar-refractivity contribution in [3.8, 4) is 0 Å². The van der Waals surface area contributed by atoms with Crippen molar-refractivity contribution in [3.63, 3.8) is 0 Å². The first-order valence-electron chi connectivity index (χ1n) is 9.08. The molecule has 1 atom stereocenters. The topological polar surface area (TPSA) is 47.9 Å². The van der Waals surface area contributed by atoms with Crippen molar-refractivity contribution < 1.29 is 31.3 Å². The molecule has 2 fully saturated rings. The molecule has 27 heavy (non-hydrogen) atoms. The van der Waals surface area contributed by atoms with Crippen molar-refractivity contribution in [3.05, 3.63) is 63.2 Å². The van der Waals surface area contributed by atoms with Crippen LogP contribution in [0, 0.1) is 74.5 Å². The molecule has 4 nitrogen and oxygen atoms in total. The molecule has 3 aliphatic rings. The van der Waals surface area contributed by atoms with Crippen LogP contribution in [-0.4, -0.2) is 31.1 Å². The summed E-state index contributed by atoms with van der Waals surface area (Å²) in [5.74, 6) is 2.79. The van der Waals surface area contributed by atoms with Gasteiger partial charge in [0.25, 0.3) is 0 Å². The predicted molar refractivity (Wildman–Crippen MR) is 103 cm³/mol. The summed E-state index contributed by atoms with van der Waals surface area (Å²) in [5, 5.41) is 0. The van der Waals surface area contributed by atoms with E-state index in [0.717, 1.165) is 11.8 Å². The van der Waals surface area contributed by atoms with Crippen LogP contribution < -0.4 is 0 Å². The van der Waals surface area contributed by atoms with Gasteiger partial charge >= 0.3 is 23.0 Å². The molecule has 0 amide bonds. The Morgan fingerprint density at radius 3 is 2.22 bits per heavy atom. The first-order chi connectivity index (χ1) is 12.3.